The van der Waals surface area contributed by atoms with Crippen LogP contribution in [0.15, 0.2) is 0 Å². The molecule has 0 fully saturated rings. The zero-order valence-electron chi connectivity index (χ0n) is 10.7. The third-order valence-electron chi connectivity index (χ3n) is 1.93. The molecule has 0 radical (unpaired) electrons. The number of carbonyl (C=O) groups excluding carboxylic acids is 1. The fourth-order valence-electron chi connectivity index (χ4n) is 1.13. The molecule has 4 nitrogen and oxygen atoms in total. The van der Waals surface area contributed by atoms with Gasteiger partial charge in [-0.2, -0.15) is 0 Å². The van der Waals surface area contributed by atoms with Crippen molar-refractivity contribution in [3.05, 3.63) is 0 Å². The van der Waals surface area contributed by atoms with Gasteiger partial charge in [-0.25, -0.2) is 4.79 Å². The molecule has 0 saturated heterocycles. The van der Waals surface area contributed by atoms with E-state index < -0.39 is 5.60 Å². The Morgan fingerprint density at radius 3 is 2.20 bits per heavy atom. The highest BCUT2D eigenvalue weighted by Crippen LogP contribution is 2.08. The molecule has 0 aliphatic carbocycles. The van der Waals surface area contributed by atoms with E-state index in [9.17, 15) is 4.79 Å². The number of alkyl carbamates (subject to hydrolysis) is 1. The first-order valence-corrected chi connectivity index (χ1v) is 5.40. The van der Waals surface area contributed by atoms with E-state index in [4.69, 9.17) is 4.74 Å². The Labute approximate surface area is 92.8 Å². The lowest BCUT2D eigenvalue weighted by atomic mass is 10.1. The highest BCUT2D eigenvalue weighted by molar-refractivity contribution is 5.68. The van der Waals surface area contributed by atoms with Crippen molar-refractivity contribution >= 4 is 6.09 Å². The van der Waals surface area contributed by atoms with E-state index >= 15 is 0 Å². The lowest BCUT2D eigenvalue weighted by Gasteiger charge is -2.25. The van der Waals surface area contributed by atoms with E-state index in [-0.39, 0.29) is 12.1 Å². The van der Waals surface area contributed by atoms with E-state index in [2.05, 4.69) is 24.5 Å². The summed E-state index contributed by atoms with van der Waals surface area (Å²) in [6, 6.07) is 0.102. The summed E-state index contributed by atoms with van der Waals surface area (Å²) in [7, 11) is 1.87. The summed E-state index contributed by atoms with van der Waals surface area (Å²) in [5, 5.41) is 5.90. The maximum Gasteiger partial charge on any atom is 0.407 e. The van der Waals surface area contributed by atoms with Gasteiger partial charge in [0.25, 0.3) is 0 Å². The molecule has 1 amide bonds. The van der Waals surface area contributed by atoms with Crippen LogP contribution in [-0.4, -0.2) is 31.3 Å². The minimum Gasteiger partial charge on any atom is -0.444 e. The fourth-order valence-corrected chi connectivity index (χ4v) is 1.13. The number of likely N-dealkylation sites (N-methyl/N-ethyl adjacent to an activating group) is 1. The summed E-state index contributed by atoms with van der Waals surface area (Å²) in [6.45, 7) is 10.5. The number of carbonyl (C=O) groups is 1. The molecule has 0 aromatic rings. The van der Waals surface area contributed by atoms with E-state index in [1.807, 2.05) is 27.8 Å². The summed E-state index contributed by atoms with van der Waals surface area (Å²) in [4.78, 5) is 11.5. The number of ether oxygens (including phenoxy) is 1. The van der Waals surface area contributed by atoms with E-state index in [0.717, 1.165) is 6.54 Å². The summed E-state index contributed by atoms with van der Waals surface area (Å²) in [6.07, 6.45) is -0.351. The number of amides is 1. The van der Waals surface area contributed by atoms with Crippen molar-refractivity contribution in [1.29, 1.82) is 0 Å². The predicted octanol–water partition coefficient (Wildman–Crippen LogP) is 1.76. The lowest BCUT2D eigenvalue weighted by Crippen LogP contribution is -2.46. The van der Waals surface area contributed by atoms with Crippen LogP contribution in [0, 0.1) is 5.92 Å². The standard InChI is InChI=1S/C11H24N2O2/c1-8(2)9(7-12-6)13-10(14)15-11(3,4)5/h8-9,12H,7H2,1-6H3,(H,13,14). The molecular weight excluding hydrogens is 192 g/mol. The molecule has 0 aliphatic rings. The van der Waals surface area contributed by atoms with Gasteiger partial charge in [-0.05, 0) is 33.7 Å². The van der Waals surface area contributed by atoms with E-state index in [0.29, 0.717) is 5.92 Å². The molecule has 0 aliphatic heterocycles. The molecule has 0 bridgehead atoms. The Balaban J connectivity index is 4.11. The number of hydrogen-bond acceptors (Lipinski definition) is 3. The highest BCUT2D eigenvalue weighted by Gasteiger charge is 2.20. The van der Waals surface area contributed by atoms with Gasteiger partial charge < -0.3 is 15.4 Å². The first-order valence-electron chi connectivity index (χ1n) is 5.40. The van der Waals surface area contributed by atoms with E-state index in [1.165, 1.54) is 0 Å². The minimum atomic E-state index is -0.439. The summed E-state index contributed by atoms with van der Waals surface area (Å²) in [5.41, 5.74) is -0.439. The molecule has 0 aromatic heterocycles. The maximum absolute atomic E-state index is 11.5. The molecule has 0 saturated carbocycles. The average molecular weight is 216 g/mol. The monoisotopic (exact) mass is 216 g/mol. The van der Waals surface area contributed by atoms with Gasteiger partial charge in [0, 0.05) is 12.6 Å². The summed E-state index contributed by atoms with van der Waals surface area (Å²) < 4.78 is 5.19. The van der Waals surface area contributed by atoms with Crippen LogP contribution in [0.25, 0.3) is 0 Å². The normalized spacial score (nSPS) is 13.8. The fraction of sp³-hybridized carbons (Fsp3) is 0.909. The van der Waals surface area contributed by atoms with Crippen LogP contribution in [0.4, 0.5) is 4.79 Å². The third kappa shape index (κ3) is 7.19. The molecule has 15 heavy (non-hydrogen) atoms. The van der Waals surface area contributed by atoms with Gasteiger partial charge in [0.2, 0.25) is 0 Å². The molecule has 2 N–H and O–H groups in total. The van der Waals surface area contributed by atoms with Crippen molar-refractivity contribution < 1.29 is 9.53 Å². The summed E-state index contributed by atoms with van der Waals surface area (Å²) >= 11 is 0. The van der Waals surface area contributed by atoms with Gasteiger partial charge in [-0.3, -0.25) is 0 Å². The van der Waals surface area contributed by atoms with Crippen LogP contribution in [0.5, 0.6) is 0 Å². The minimum absolute atomic E-state index is 0.102. The van der Waals surface area contributed by atoms with Crippen molar-refractivity contribution in [3.63, 3.8) is 0 Å². The molecule has 1 atom stereocenters. The molecular formula is C11H24N2O2. The Bertz CT molecular complexity index is 197. The lowest BCUT2D eigenvalue weighted by molar-refractivity contribution is 0.0491. The van der Waals surface area contributed by atoms with Gasteiger partial charge in [0.1, 0.15) is 5.60 Å². The Kier molecular flexibility index (Phi) is 5.65. The van der Waals surface area contributed by atoms with Gasteiger partial charge in [-0.15, -0.1) is 0 Å². The topological polar surface area (TPSA) is 50.4 Å². The molecule has 90 valence electrons. The maximum atomic E-state index is 11.5. The van der Waals surface area contributed by atoms with Crippen molar-refractivity contribution in [1.82, 2.24) is 10.6 Å². The van der Waals surface area contributed by atoms with Crippen LogP contribution in [0.2, 0.25) is 0 Å². The Hall–Kier alpha value is -0.770. The average Bonchev–Trinajstić information content (AvgIpc) is 1.99. The van der Waals surface area contributed by atoms with Crippen LogP contribution < -0.4 is 10.6 Å². The Morgan fingerprint density at radius 2 is 1.87 bits per heavy atom. The van der Waals surface area contributed by atoms with Gasteiger partial charge in [-0.1, -0.05) is 13.8 Å². The largest absolute Gasteiger partial charge is 0.444 e. The SMILES string of the molecule is CNCC(NC(=O)OC(C)(C)C)C(C)C. The quantitative estimate of drug-likeness (QED) is 0.753. The highest BCUT2D eigenvalue weighted by atomic mass is 16.6. The zero-order chi connectivity index (χ0) is 12.1. The molecule has 0 spiro atoms. The van der Waals surface area contributed by atoms with Gasteiger partial charge >= 0.3 is 6.09 Å². The van der Waals surface area contributed by atoms with Crippen molar-refractivity contribution in [3.8, 4) is 0 Å². The van der Waals surface area contributed by atoms with Crippen LogP contribution in [-0.2, 0) is 4.74 Å². The number of rotatable bonds is 4. The molecule has 1 unspecified atom stereocenters. The number of nitrogens with one attached hydrogen (secondary N) is 2. The van der Waals surface area contributed by atoms with E-state index in [1.54, 1.807) is 0 Å². The molecule has 0 heterocycles. The number of hydrogen-bond donors (Lipinski definition) is 2. The van der Waals surface area contributed by atoms with Crippen LogP contribution in [0.3, 0.4) is 0 Å². The van der Waals surface area contributed by atoms with Crippen molar-refractivity contribution in [2.45, 2.75) is 46.3 Å². The molecule has 4 heteroatoms. The summed E-state index contributed by atoms with van der Waals surface area (Å²) in [5.74, 6) is 0.380. The third-order valence-corrected chi connectivity index (χ3v) is 1.93. The second-order valence-electron chi connectivity index (χ2n) is 5.05. The first-order chi connectivity index (χ1) is 6.76. The van der Waals surface area contributed by atoms with Crippen molar-refractivity contribution in [2.75, 3.05) is 13.6 Å². The van der Waals surface area contributed by atoms with Gasteiger partial charge in [0.05, 0.1) is 0 Å². The van der Waals surface area contributed by atoms with Crippen LogP contribution in [0.1, 0.15) is 34.6 Å². The zero-order valence-corrected chi connectivity index (χ0v) is 10.7. The molecule has 0 rings (SSSR count). The first kappa shape index (κ1) is 14.2. The second kappa shape index (κ2) is 5.95. The van der Waals surface area contributed by atoms with Crippen molar-refractivity contribution in [2.24, 2.45) is 5.92 Å². The van der Waals surface area contributed by atoms with Crippen LogP contribution >= 0.6 is 0 Å². The smallest absolute Gasteiger partial charge is 0.407 e. The molecule has 0 aromatic carbocycles. The Morgan fingerprint density at radius 1 is 1.33 bits per heavy atom. The predicted molar refractivity (Wildman–Crippen MR) is 61.9 cm³/mol. The van der Waals surface area contributed by atoms with Gasteiger partial charge in [0.15, 0.2) is 0 Å². The second-order valence-corrected chi connectivity index (χ2v) is 5.05.